The van der Waals surface area contributed by atoms with Crippen molar-refractivity contribution >= 4 is 18.3 Å². The molecule has 0 bridgehead atoms. The molecule has 0 radical (unpaired) electrons. The van der Waals surface area contributed by atoms with Gasteiger partial charge in [-0.3, -0.25) is 0 Å². The summed E-state index contributed by atoms with van der Waals surface area (Å²) in [4.78, 5) is 0. The van der Waals surface area contributed by atoms with E-state index < -0.39 is 18.3 Å². The molecule has 0 N–H and O–H groups in total. The second-order valence-corrected chi connectivity index (χ2v) is 8.61. The second kappa shape index (κ2) is 11.2. The molecule has 18 heavy (non-hydrogen) atoms. The third-order valence-corrected chi connectivity index (χ3v) is 5.37. The Balaban J connectivity index is 3.28. The highest BCUT2D eigenvalue weighted by molar-refractivity contribution is 7.81. The van der Waals surface area contributed by atoms with Crippen LogP contribution in [-0.4, -0.2) is 32.1 Å². The second-order valence-electron chi connectivity index (χ2n) is 4.85. The SMILES string of the molecule is CCCCCCCCCC[PH+](C)COS(=O)(=O)[O-]. The highest BCUT2D eigenvalue weighted by atomic mass is 32.3. The average Bonchev–Trinajstić information content (AvgIpc) is 2.29. The molecule has 0 saturated carbocycles. The molecule has 0 aromatic rings. The van der Waals surface area contributed by atoms with Crippen LogP contribution in [0.5, 0.6) is 0 Å². The van der Waals surface area contributed by atoms with Gasteiger partial charge in [-0.05, 0) is 12.8 Å². The fraction of sp³-hybridized carbons (Fsp3) is 1.00. The van der Waals surface area contributed by atoms with E-state index in [1.807, 2.05) is 6.66 Å². The lowest BCUT2D eigenvalue weighted by Crippen LogP contribution is -2.05. The molecule has 0 spiro atoms. The van der Waals surface area contributed by atoms with Crippen LogP contribution in [0.25, 0.3) is 0 Å². The first-order valence-corrected chi connectivity index (χ1v) is 10.6. The Morgan fingerprint density at radius 3 is 2.00 bits per heavy atom. The van der Waals surface area contributed by atoms with Crippen molar-refractivity contribution in [2.75, 3.05) is 19.2 Å². The van der Waals surface area contributed by atoms with Gasteiger partial charge in [0, 0.05) is 14.6 Å². The maximum Gasteiger partial charge on any atom is 0.220 e. The van der Waals surface area contributed by atoms with Gasteiger partial charge in [0.2, 0.25) is 10.4 Å². The van der Waals surface area contributed by atoms with Gasteiger partial charge in [0.1, 0.15) is 0 Å². The van der Waals surface area contributed by atoms with Crippen LogP contribution in [0.3, 0.4) is 0 Å². The minimum absolute atomic E-state index is 0.118. The predicted molar refractivity (Wildman–Crippen MR) is 77.4 cm³/mol. The summed E-state index contributed by atoms with van der Waals surface area (Å²) in [5.41, 5.74) is 0. The van der Waals surface area contributed by atoms with Crippen molar-refractivity contribution in [2.45, 2.75) is 58.3 Å². The molecule has 0 fully saturated rings. The molecule has 4 nitrogen and oxygen atoms in total. The number of unbranched alkanes of at least 4 members (excludes halogenated alkanes) is 7. The zero-order valence-electron chi connectivity index (χ0n) is 11.6. The smallest absolute Gasteiger partial charge is 0.220 e. The summed E-state index contributed by atoms with van der Waals surface area (Å²) in [5.74, 6) is 0. The highest BCUT2D eigenvalue weighted by Gasteiger charge is 2.10. The molecule has 6 heteroatoms. The number of rotatable bonds is 12. The standard InChI is InChI=1S/C12H27O4PS/c1-3-4-5-6-7-8-9-10-11-17(2)12-16-18(13,14)15/h3-12H2,1-2H3,(H,13,14,15). The lowest BCUT2D eigenvalue weighted by molar-refractivity contribution is 0.301. The maximum absolute atomic E-state index is 10.3. The number of hydrogen-bond acceptors (Lipinski definition) is 4. The normalized spacial score (nSPS) is 13.7. The minimum Gasteiger partial charge on any atom is -0.725 e. The van der Waals surface area contributed by atoms with Gasteiger partial charge in [-0.25, -0.2) is 12.6 Å². The quantitative estimate of drug-likeness (QED) is 0.240. The molecule has 0 aliphatic carbocycles. The van der Waals surface area contributed by atoms with E-state index in [1.54, 1.807) is 0 Å². The summed E-state index contributed by atoms with van der Waals surface area (Å²) in [6.45, 7) is 4.23. The summed E-state index contributed by atoms with van der Waals surface area (Å²) in [5, 5.41) is 0. The number of hydrogen-bond donors (Lipinski definition) is 0. The summed E-state index contributed by atoms with van der Waals surface area (Å²) < 4.78 is 35.1. The van der Waals surface area contributed by atoms with Crippen molar-refractivity contribution in [1.82, 2.24) is 0 Å². The fourth-order valence-electron chi connectivity index (χ4n) is 1.81. The molecule has 1 unspecified atom stereocenters. The first-order chi connectivity index (χ1) is 8.45. The summed E-state index contributed by atoms with van der Waals surface area (Å²) in [7, 11) is -5.32. The molecule has 0 aliphatic heterocycles. The molecule has 0 rings (SSSR count). The van der Waals surface area contributed by atoms with Gasteiger partial charge in [-0.15, -0.1) is 0 Å². The molecule has 1 atom stereocenters. The van der Waals surface area contributed by atoms with Gasteiger partial charge < -0.3 is 4.55 Å². The first-order valence-electron chi connectivity index (χ1n) is 6.87. The topological polar surface area (TPSA) is 66.4 Å². The van der Waals surface area contributed by atoms with E-state index in [0.717, 1.165) is 12.6 Å². The van der Waals surface area contributed by atoms with Crippen LogP contribution >= 0.6 is 7.92 Å². The molecule has 0 heterocycles. The lowest BCUT2D eigenvalue weighted by Gasteiger charge is -2.08. The Morgan fingerprint density at radius 1 is 1.00 bits per heavy atom. The Kier molecular flexibility index (Phi) is 11.3. The Labute approximate surface area is 113 Å². The van der Waals surface area contributed by atoms with Gasteiger partial charge in [0.05, 0.1) is 6.16 Å². The van der Waals surface area contributed by atoms with Crippen molar-refractivity contribution in [3.63, 3.8) is 0 Å². The van der Waals surface area contributed by atoms with E-state index in [4.69, 9.17) is 0 Å². The van der Waals surface area contributed by atoms with Crippen LogP contribution < -0.4 is 0 Å². The molecule has 0 saturated heterocycles. The van der Waals surface area contributed by atoms with E-state index >= 15 is 0 Å². The highest BCUT2D eigenvalue weighted by Crippen LogP contribution is 2.32. The molecule has 0 aromatic heterocycles. The van der Waals surface area contributed by atoms with Crippen LogP contribution in [0.4, 0.5) is 0 Å². The van der Waals surface area contributed by atoms with Crippen LogP contribution in [0.2, 0.25) is 0 Å². The van der Waals surface area contributed by atoms with Crippen LogP contribution in [-0.2, 0) is 14.6 Å². The molecular formula is C12H27O4PS. The summed E-state index contributed by atoms with van der Waals surface area (Å²) in [6, 6.07) is 0. The zero-order valence-corrected chi connectivity index (χ0v) is 13.4. The van der Waals surface area contributed by atoms with Crippen molar-refractivity contribution in [3.05, 3.63) is 0 Å². The summed E-state index contributed by atoms with van der Waals surface area (Å²) in [6.07, 6.45) is 11.3. The molecule has 0 aromatic carbocycles. The molecule has 0 aliphatic rings. The Morgan fingerprint density at radius 2 is 1.50 bits per heavy atom. The van der Waals surface area contributed by atoms with E-state index in [1.165, 1.54) is 44.9 Å². The van der Waals surface area contributed by atoms with Crippen LogP contribution in [0, 0.1) is 0 Å². The predicted octanol–water partition coefficient (Wildman–Crippen LogP) is 3.41. The van der Waals surface area contributed by atoms with E-state index in [-0.39, 0.29) is 6.35 Å². The largest absolute Gasteiger partial charge is 0.725 e. The zero-order chi connectivity index (χ0) is 13.9. The van der Waals surface area contributed by atoms with Crippen molar-refractivity contribution in [3.8, 4) is 0 Å². The van der Waals surface area contributed by atoms with Crippen molar-refractivity contribution < 1.29 is 17.2 Å². The molecule has 0 amide bonds. The van der Waals surface area contributed by atoms with E-state index in [9.17, 15) is 13.0 Å². The summed E-state index contributed by atoms with van der Waals surface area (Å²) >= 11 is 0. The van der Waals surface area contributed by atoms with Gasteiger partial charge >= 0.3 is 0 Å². The third kappa shape index (κ3) is 14.4. The average molecular weight is 298 g/mol. The third-order valence-electron chi connectivity index (χ3n) is 2.91. The van der Waals surface area contributed by atoms with Crippen molar-refractivity contribution in [1.29, 1.82) is 0 Å². The fourth-order valence-corrected chi connectivity index (χ4v) is 4.19. The first kappa shape index (κ1) is 18.3. The molecule has 110 valence electrons. The van der Waals surface area contributed by atoms with E-state index in [0.29, 0.717) is 0 Å². The Hall–Kier alpha value is 0.300. The van der Waals surface area contributed by atoms with Gasteiger partial charge in [0.25, 0.3) is 0 Å². The van der Waals surface area contributed by atoms with Crippen LogP contribution in [0.1, 0.15) is 58.3 Å². The monoisotopic (exact) mass is 298 g/mol. The van der Waals surface area contributed by atoms with E-state index in [2.05, 4.69) is 11.1 Å². The van der Waals surface area contributed by atoms with Crippen LogP contribution in [0.15, 0.2) is 0 Å². The molecular weight excluding hydrogens is 271 g/mol. The van der Waals surface area contributed by atoms with Gasteiger partial charge in [0.15, 0.2) is 6.35 Å². The van der Waals surface area contributed by atoms with Gasteiger partial charge in [-0.2, -0.15) is 0 Å². The lowest BCUT2D eigenvalue weighted by atomic mass is 10.1. The van der Waals surface area contributed by atoms with Crippen molar-refractivity contribution in [2.24, 2.45) is 0 Å². The maximum atomic E-state index is 10.3. The Bertz CT molecular complexity index is 280. The minimum atomic E-state index is -4.49. The van der Waals surface area contributed by atoms with Gasteiger partial charge in [-0.1, -0.05) is 45.4 Å².